The number of phenols is 1. The highest BCUT2D eigenvalue weighted by Gasteiger charge is 2.22. The van der Waals surface area contributed by atoms with Gasteiger partial charge in [-0.05, 0) is 35.4 Å². The molecule has 0 aliphatic carbocycles. The summed E-state index contributed by atoms with van der Waals surface area (Å²) in [6.45, 7) is 0.581. The first-order chi connectivity index (χ1) is 10.0. The number of hydrogen-bond acceptors (Lipinski definition) is 4. The molecule has 3 rings (SSSR count). The molecule has 1 aliphatic heterocycles. The maximum Gasteiger partial charge on any atom is 0.339 e. The molecule has 108 valence electrons. The molecule has 0 saturated carbocycles. The van der Waals surface area contributed by atoms with Crippen molar-refractivity contribution in [1.29, 1.82) is 0 Å². The Morgan fingerprint density at radius 3 is 2.48 bits per heavy atom. The average molecular weight is 290 g/mol. The van der Waals surface area contributed by atoms with E-state index in [1.165, 1.54) is 18.2 Å². The Morgan fingerprint density at radius 1 is 1.05 bits per heavy atom. The lowest BCUT2D eigenvalue weighted by Crippen LogP contribution is -2.18. The number of carbonyl (C=O) groups is 1. The first kappa shape index (κ1) is 13.2. The molecular formula is C15H11FO5. The van der Waals surface area contributed by atoms with Gasteiger partial charge in [-0.2, -0.15) is 0 Å². The molecule has 1 aliphatic rings. The summed E-state index contributed by atoms with van der Waals surface area (Å²) in [5.41, 5.74) is 0.712. The van der Waals surface area contributed by atoms with Crippen LogP contribution in [0.2, 0.25) is 0 Å². The van der Waals surface area contributed by atoms with E-state index in [9.17, 15) is 19.4 Å². The number of rotatable bonds is 2. The number of ether oxygens (including phenoxy) is 2. The molecular weight excluding hydrogens is 279 g/mol. The number of fused-ring (bicyclic) bond motifs is 1. The minimum Gasteiger partial charge on any atom is -0.508 e. The summed E-state index contributed by atoms with van der Waals surface area (Å²) in [6.07, 6.45) is 0. The molecule has 0 spiro atoms. The van der Waals surface area contributed by atoms with Gasteiger partial charge in [0.2, 0.25) is 0 Å². The van der Waals surface area contributed by atoms with Crippen LogP contribution in [0.5, 0.6) is 17.2 Å². The van der Waals surface area contributed by atoms with Crippen LogP contribution in [-0.2, 0) is 0 Å². The topological polar surface area (TPSA) is 76.0 Å². The highest BCUT2D eigenvalue weighted by atomic mass is 19.1. The Bertz CT molecular complexity index is 706. The number of halogens is 1. The molecule has 2 aromatic carbocycles. The van der Waals surface area contributed by atoms with E-state index in [4.69, 9.17) is 9.47 Å². The van der Waals surface area contributed by atoms with Crippen LogP contribution in [0.4, 0.5) is 4.39 Å². The molecule has 2 aromatic rings. The summed E-state index contributed by atoms with van der Waals surface area (Å²) in [6, 6.07) is 6.45. The second-order valence-corrected chi connectivity index (χ2v) is 4.55. The van der Waals surface area contributed by atoms with E-state index in [1.54, 1.807) is 6.07 Å². The van der Waals surface area contributed by atoms with Gasteiger partial charge in [-0.1, -0.05) is 0 Å². The lowest BCUT2D eigenvalue weighted by Gasteiger charge is -2.21. The Labute approximate surface area is 119 Å². The molecule has 5 nitrogen and oxygen atoms in total. The molecule has 0 fully saturated rings. The third-order valence-corrected chi connectivity index (χ3v) is 3.09. The Morgan fingerprint density at radius 2 is 1.76 bits per heavy atom. The summed E-state index contributed by atoms with van der Waals surface area (Å²) in [4.78, 5) is 11.3. The van der Waals surface area contributed by atoms with Crippen molar-refractivity contribution in [3.8, 4) is 28.4 Å². The van der Waals surface area contributed by atoms with Gasteiger partial charge in [0.25, 0.3) is 0 Å². The Hall–Kier alpha value is -2.76. The lowest BCUT2D eigenvalue weighted by molar-refractivity contribution is 0.0686. The van der Waals surface area contributed by atoms with Gasteiger partial charge in [-0.25, -0.2) is 9.18 Å². The average Bonchev–Trinajstić information content (AvgIpc) is 2.45. The number of benzene rings is 2. The monoisotopic (exact) mass is 290 g/mol. The van der Waals surface area contributed by atoms with E-state index in [1.807, 2.05) is 0 Å². The van der Waals surface area contributed by atoms with Crippen molar-refractivity contribution in [1.82, 2.24) is 0 Å². The highest BCUT2D eigenvalue weighted by Crippen LogP contribution is 2.39. The molecule has 0 atom stereocenters. The van der Waals surface area contributed by atoms with Crippen molar-refractivity contribution in [2.45, 2.75) is 0 Å². The summed E-state index contributed by atoms with van der Waals surface area (Å²) >= 11 is 0. The third kappa shape index (κ3) is 2.47. The summed E-state index contributed by atoms with van der Waals surface area (Å²) < 4.78 is 24.1. The van der Waals surface area contributed by atoms with Crippen molar-refractivity contribution in [2.24, 2.45) is 0 Å². The van der Waals surface area contributed by atoms with E-state index < -0.39 is 11.8 Å². The quantitative estimate of drug-likeness (QED) is 0.889. The number of aromatic hydroxyl groups is 1. The fourth-order valence-electron chi connectivity index (χ4n) is 2.22. The zero-order valence-corrected chi connectivity index (χ0v) is 10.8. The van der Waals surface area contributed by atoms with Gasteiger partial charge in [-0.3, -0.25) is 0 Å². The van der Waals surface area contributed by atoms with Crippen molar-refractivity contribution in [3.05, 3.63) is 41.7 Å². The van der Waals surface area contributed by atoms with Crippen LogP contribution in [0.25, 0.3) is 11.1 Å². The Balaban J connectivity index is 2.19. The zero-order chi connectivity index (χ0) is 15.0. The lowest BCUT2D eigenvalue weighted by atomic mass is 10.0. The van der Waals surface area contributed by atoms with Crippen molar-refractivity contribution < 1.29 is 28.9 Å². The summed E-state index contributed by atoms with van der Waals surface area (Å²) in [5, 5.41) is 18.7. The van der Waals surface area contributed by atoms with E-state index >= 15 is 0 Å². The molecule has 0 unspecified atom stereocenters. The number of phenolic OH excluding ortho intramolecular Hbond substituents is 1. The highest BCUT2D eigenvalue weighted by molar-refractivity contribution is 5.94. The van der Waals surface area contributed by atoms with Gasteiger partial charge in [-0.15, -0.1) is 0 Å². The van der Waals surface area contributed by atoms with Crippen LogP contribution in [-0.4, -0.2) is 29.4 Å². The van der Waals surface area contributed by atoms with Crippen LogP contribution in [0.3, 0.4) is 0 Å². The number of carboxylic acids is 1. The van der Waals surface area contributed by atoms with Gasteiger partial charge in [0.1, 0.15) is 30.3 Å². The summed E-state index contributed by atoms with van der Waals surface area (Å²) in [5.74, 6) is -1.56. The molecule has 0 amide bonds. The summed E-state index contributed by atoms with van der Waals surface area (Å²) in [7, 11) is 0. The van der Waals surface area contributed by atoms with Crippen LogP contribution < -0.4 is 9.47 Å². The predicted molar refractivity (Wildman–Crippen MR) is 71.5 cm³/mol. The van der Waals surface area contributed by atoms with Gasteiger partial charge in [0.05, 0.1) is 0 Å². The van der Waals surface area contributed by atoms with Crippen LogP contribution in [0.15, 0.2) is 30.3 Å². The van der Waals surface area contributed by atoms with Gasteiger partial charge in [0, 0.05) is 6.07 Å². The fraction of sp³-hybridized carbons (Fsp3) is 0.133. The second-order valence-electron chi connectivity index (χ2n) is 4.55. The zero-order valence-electron chi connectivity index (χ0n) is 10.8. The molecule has 2 N–H and O–H groups in total. The van der Waals surface area contributed by atoms with Gasteiger partial charge >= 0.3 is 5.97 Å². The van der Waals surface area contributed by atoms with Crippen LogP contribution >= 0.6 is 0 Å². The molecule has 1 heterocycles. The molecule has 6 heteroatoms. The van der Waals surface area contributed by atoms with Crippen molar-refractivity contribution in [2.75, 3.05) is 13.2 Å². The first-order valence-corrected chi connectivity index (χ1v) is 6.21. The normalized spacial score (nSPS) is 13.0. The van der Waals surface area contributed by atoms with Crippen LogP contribution in [0.1, 0.15) is 10.4 Å². The molecule has 0 bridgehead atoms. The predicted octanol–water partition coefficient (Wildman–Crippen LogP) is 2.67. The van der Waals surface area contributed by atoms with Gasteiger partial charge in [0.15, 0.2) is 11.5 Å². The van der Waals surface area contributed by atoms with E-state index in [0.717, 1.165) is 6.07 Å². The standard InChI is InChI=1S/C15H11FO5/c16-10-3-8(4-11(17)7-10)9-5-12(15(18)19)14-13(6-9)20-1-2-21-14/h3-7,17H,1-2H2,(H,18,19). The molecule has 21 heavy (non-hydrogen) atoms. The largest absolute Gasteiger partial charge is 0.508 e. The maximum absolute atomic E-state index is 13.4. The fourth-order valence-corrected chi connectivity index (χ4v) is 2.22. The minimum absolute atomic E-state index is 0.0639. The first-order valence-electron chi connectivity index (χ1n) is 6.21. The molecule has 0 aromatic heterocycles. The van der Waals surface area contributed by atoms with E-state index in [2.05, 4.69) is 0 Å². The smallest absolute Gasteiger partial charge is 0.339 e. The molecule has 0 radical (unpaired) electrons. The second kappa shape index (κ2) is 4.97. The Kier molecular flexibility index (Phi) is 3.13. The minimum atomic E-state index is -1.17. The third-order valence-electron chi connectivity index (χ3n) is 3.09. The number of carboxylic acid groups (broad SMARTS) is 1. The van der Waals surface area contributed by atoms with Crippen molar-refractivity contribution >= 4 is 5.97 Å². The number of aromatic carboxylic acids is 1. The van der Waals surface area contributed by atoms with Gasteiger partial charge < -0.3 is 19.7 Å². The molecule has 0 saturated heterocycles. The number of hydrogen-bond donors (Lipinski definition) is 2. The van der Waals surface area contributed by atoms with Crippen molar-refractivity contribution in [3.63, 3.8) is 0 Å². The van der Waals surface area contributed by atoms with E-state index in [-0.39, 0.29) is 23.7 Å². The SMILES string of the molecule is O=C(O)c1cc(-c2cc(O)cc(F)c2)cc2c1OCCO2. The van der Waals surface area contributed by atoms with E-state index in [0.29, 0.717) is 23.5 Å². The maximum atomic E-state index is 13.4. The van der Waals surface area contributed by atoms with Crippen LogP contribution in [0, 0.1) is 5.82 Å².